The van der Waals surface area contributed by atoms with E-state index in [1.807, 2.05) is 36.4 Å². The first-order chi connectivity index (χ1) is 10.6. The molecule has 1 unspecified atom stereocenters. The molecule has 0 radical (unpaired) electrons. The highest BCUT2D eigenvalue weighted by molar-refractivity contribution is 7.84. The minimum absolute atomic E-state index is 0.121. The van der Waals surface area contributed by atoms with Crippen LogP contribution < -0.4 is 15.2 Å². The fourth-order valence-electron chi connectivity index (χ4n) is 1.83. The Hall–Kier alpha value is -2.34. The summed E-state index contributed by atoms with van der Waals surface area (Å²) in [6.07, 6.45) is 0. The minimum atomic E-state index is -1.28. The van der Waals surface area contributed by atoms with Crippen LogP contribution in [0.25, 0.3) is 0 Å². The van der Waals surface area contributed by atoms with Gasteiger partial charge in [0, 0.05) is 16.6 Å². The highest BCUT2D eigenvalue weighted by Gasteiger charge is 2.06. The van der Waals surface area contributed by atoms with Gasteiger partial charge in [0.15, 0.2) is 0 Å². The molecule has 0 saturated heterocycles. The number of rotatable bonds is 7. The van der Waals surface area contributed by atoms with E-state index in [0.29, 0.717) is 17.3 Å². The number of hydrogen-bond donors (Lipinski definition) is 1. The van der Waals surface area contributed by atoms with E-state index in [4.69, 9.17) is 15.2 Å². The van der Waals surface area contributed by atoms with Gasteiger partial charge in [0.1, 0.15) is 23.0 Å². The van der Waals surface area contributed by atoms with Gasteiger partial charge in [-0.1, -0.05) is 12.1 Å². The van der Waals surface area contributed by atoms with E-state index >= 15 is 0 Å². The topological polar surface area (TPSA) is 78.6 Å². The van der Waals surface area contributed by atoms with E-state index in [1.54, 1.807) is 19.2 Å². The summed E-state index contributed by atoms with van der Waals surface area (Å²) < 4.78 is 22.4. The molecule has 2 rings (SSSR count). The molecule has 0 aliphatic heterocycles. The first kappa shape index (κ1) is 16.0. The van der Waals surface area contributed by atoms with Gasteiger partial charge >= 0.3 is 0 Å². The summed E-state index contributed by atoms with van der Waals surface area (Å²) in [6.45, 7) is 0. The van der Waals surface area contributed by atoms with Crippen LogP contribution in [0.15, 0.2) is 48.5 Å². The van der Waals surface area contributed by atoms with E-state index in [-0.39, 0.29) is 5.75 Å². The van der Waals surface area contributed by atoms with Crippen molar-refractivity contribution in [3.8, 4) is 17.2 Å². The molecule has 2 aromatic carbocycles. The lowest BCUT2D eigenvalue weighted by atomic mass is 10.2. The number of carbonyl (C=O) groups excluding carboxylic acids is 1. The van der Waals surface area contributed by atoms with Crippen LogP contribution >= 0.6 is 0 Å². The van der Waals surface area contributed by atoms with Crippen LogP contribution in [0.1, 0.15) is 5.56 Å². The van der Waals surface area contributed by atoms with Crippen molar-refractivity contribution in [2.24, 2.45) is 5.73 Å². The van der Waals surface area contributed by atoms with Gasteiger partial charge in [0.2, 0.25) is 5.91 Å². The van der Waals surface area contributed by atoms with Gasteiger partial charge in [0.25, 0.3) is 0 Å². The van der Waals surface area contributed by atoms with Crippen LogP contribution in [0.3, 0.4) is 0 Å². The number of carbonyl (C=O) groups is 1. The average molecular weight is 319 g/mol. The van der Waals surface area contributed by atoms with Crippen molar-refractivity contribution in [2.75, 3.05) is 12.9 Å². The Balaban J connectivity index is 1.96. The molecule has 0 aliphatic carbocycles. The van der Waals surface area contributed by atoms with Gasteiger partial charge in [-0.05, 0) is 42.0 Å². The Morgan fingerprint density at radius 3 is 2.00 bits per heavy atom. The molecule has 0 heterocycles. The number of primary amides is 1. The van der Waals surface area contributed by atoms with Crippen LogP contribution in [0.5, 0.6) is 17.2 Å². The van der Waals surface area contributed by atoms with Crippen LogP contribution in [-0.2, 0) is 21.3 Å². The van der Waals surface area contributed by atoms with Crippen LogP contribution in [0.2, 0.25) is 0 Å². The number of ether oxygens (including phenoxy) is 2. The van der Waals surface area contributed by atoms with Crippen LogP contribution in [0, 0.1) is 0 Å². The van der Waals surface area contributed by atoms with Gasteiger partial charge < -0.3 is 15.2 Å². The van der Waals surface area contributed by atoms with Gasteiger partial charge in [-0.15, -0.1) is 0 Å². The van der Waals surface area contributed by atoms with E-state index < -0.39 is 16.7 Å². The molecule has 2 N–H and O–H groups in total. The second-order valence-corrected chi connectivity index (χ2v) is 6.07. The summed E-state index contributed by atoms with van der Waals surface area (Å²) in [5.41, 5.74) is 5.88. The van der Waals surface area contributed by atoms with Gasteiger partial charge in [-0.3, -0.25) is 9.00 Å². The quantitative estimate of drug-likeness (QED) is 0.849. The lowest BCUT2D eigenvalue weighted by Crippen LogP contribution is -2.20. The van der Waals surface area contributed by atoms with Gasteiger partial charge in [-0.25, -0.2) is 0 Å². The Labute approximate surface area is 131 Å². The highest BCUT2D eigenvalue weighted by atomic mass is 32.2. The van der Waals surface area contributed by atoms with Crippen molar-refractivity contribution < 1.29 is 18.5 Å². The first-order valence-corrected chi connectivity index (χ1v) is 8.10. The molecule has 1 amide bonds. The third kappa shape index (κ3) is 4.89. The highest BCUT2D eigenvalue weighted by Crippen LogP contribution is 2.24. The van der Waals surface area contributed by atoms with E-state index in [2.05, 4.69) is 0 Å². The number of amides is 1. The zero-order chi connectivity index (χ0) is 15.9. The van der Waals surface area contributed by atoms with E-state index in [0.717, 1.165) is 11.3 Å². The van der Waals surface area contributed by atoms with E-state index in [1.165, 1.54) is 0 Å². The predicted octanol–water partition coefficient (Wildman–Crippen LogP) is 2.22. The summed E-state index contributed by atoms with van der Waals surface area (Å²) in [7, 11) is 0.329. The molecule has 0 spiro atoms. The Morgan fingerprint density at radius 1 is 1.00 bits per heavy atom. The zero-order valence-corrected chi connectivity index (χ0v) is 13.0. The fraction of sp³-hybridized carbons (Fsp3) is 0.188. The maximum atomic E-state index is 11.6. The van der Waals surface area contributed by atoms with Crippen molar-refractivity contribution in [3.05, 3.63) is 54.1 Å². The molecule has 0 bridgehead atoms. The molecule has 2 aromatic rings. The van der Waals surface area contributed by atoms with Crippen molar-refractivity contribution in [1.82, 2.24) is 0 Å². The largest absolute Gasteiger partial charge is 0.497 e. The maximum absolute atomic E-state index is 11.6. The number of benzene rings is 2. The van der Waals surface area contributed by atoms with Crippen molar-refractivity contribution in [2.45, 2.75) is 5.75 Å². The molecule has 5 nitrogen and oxygen atoms in total. The molecule has 1 atom stereocenters. The van der Waals surface area contributed by atoms with Crippen molar-refractivity contribution in [3.63, 3.8) is 0 Å². The lowest BCUT2D eigenvalue weighted by molar-refractivity contribution is -0.115. The molecular weight excluding hydrogens is 302 g/mol. The van der Waals surface area contributed by atoms with Crippen molar-refractivity contribution in [1.29, 1.82) is 0 Å². The van der Waals surface area contributed by atoms with Crippen molar-refractivity contribution >= 4 is 16.7 Å². The summed E-state index contributed by atoms with van der Waals surface area (Å²) in [6, 6.07) is 14.5. The number of hydrogen-bond acceptors (Lipinski definition) is 4. The third-order valence-corrected chi connectivity index (χ3v) is 4.11. The lowest BCUT2D eigenvalue weighted by Gasteiger charge is -2.07. The SMILES string of the molecule is COc1ccc(Oc2ccc(CS(=O)CC(N)=O)cc2)cc1. The van der Waals surface area contributed by atoms with Crippen LogP contribution in [-0.4, -0.2) is 23.0 Å². The average Bonchev–Trinajstić information content (AvgIpc) is 2.49. The molecule has 116 valence electrons. The molecule has 6 heteroatoms. The minimum Gasteiger partial charge on any atom is -0.497 e. The monoisotopic (exact) mass is 319 g/mol. The number of methoxy groups -OCH3 is 1. The molecule has 0 aromatic heterocycles. The summed E-state index contributed by atoms with van der Waals surface area (Å²) in [5, 5.41) is 0. The second-order valence-electron chi connectivity index (χ2n) is 4.62. The Morgan fingerprint density at radius 2 is 1.50 bits per heavy atom. The normalized spacial score (nSPS) is 11.7. The summed E-state index contributed by atoms with van der Waals surface area (Å²) in [4.78, 5) is 10.7. The number of nitrogens with two attached hydrogens (primary N) is 1. The molecule has 0 saturated carbocycles. The van der Waals surface area contributed by atoms with E-state index in [9.17, 15) is 9.00 Å². The maximum Gasteiger partial charge on any atom is 0.230 e. The van der Waals surface area contributed by atoms with Gasteiger partial charge in [-0.2, -0.15) is 0 Å². The molecule has 22 heavy (non-hydrogen) atoms. The smallest absolute Gasteiger partial charge is 0.230 e. The Kier molecular flexibility index (Phi) is 5.55. The second kappa shape index (κ2) is 7.61. The van der Waals surface area contributed by atoms with Gasteiger partial charge in [0.05, 0.1) is 7.11 Å². The Bertz CT molecular complexity index is 653. The van der Waals surface area contributed by atoms with Crippen LogP contribution in [0.4, 0.5) is 0 Å². The molecule has 0 fully saturated rings. The molecular formula is C16H17NO4S. The first-order valence-electron chi connectivity index (χ1n) is 6.61. The fourth-order valence-corrected chi connectivity index (χ4v) is 2.81. The summed E-state index contributed by atoms with van der Waals surface area (Å²) in [5.74, 6) is 1.76. The summed E-state index contributed by atoms with van der Waals surface area (Å²) >= 11 is 0. The third-order valence-electron chi connectivity index (χ3n) is 2.85. The molecule has 0 aliphatic rings. The standard InChI is InChI=1S/C16H17NO4S/c1-20-13-6-8-15(9-7-13)21-14-4-2-12(3-5-14)10-22(19)11-16(17)18/h2-9H,10-11H2,1H3,(H2,17,18). The zero-order valence-electron chi connectivity index (χ0n) is 12.2. The predicted molar refractivity (Wildman–Crippen MR) is 85.4 cm³/mol.